The smallest absolute Gasteiger partial charge is 0.335 e. The molecule has 0 bridgehead atoms. The Morgan fingerprint density at radius 3 is 2.62 bits per heavy atom. The Labute approximate surface area is 174 Å². The number of nitrogens with zero attached hydrogens (tertiary/aromatic N) is 3. The number of fused-ring (bicyclic) bond motifs is 1. The van der Waals surface area contributed by atoms with Gasteiger partial charge in [0.2, 0.25) is 0 Å². The van der Waals surface area contributed by atoms with E-state index in [1.54, 1.807) is 41.0 Å². The van der Waals surface area contributed by atoms with Gasteiger partial charge in [-0.15, -0.1) is 17.5 Å². The van der Waals surface area contributed by atoms with Crippen LogP contribution in [0.15, 0.2) is 64.5 Å². The van der Waals surface area contributed by atoms with Crippen LogP contribution in [0.4, 0.5) is 8.78 Å². The zero-order valence-electron chi connectivity index (χ0n) is 15.0. The molecule has 4 rings (SSSR count). The molecule has 0 amide bonds. The second kappa shape index (κ2) is 8.18. The highest BCUT2D eigenvalue weighted by molar-refractivity contribution is 7.99. The number of hydrogen-bond acceptors (Lipinski definition) is 4. The first-order chi connectivity index (χ1) is 13.4. The van der Waals surface area contributed by atoms with Crippen molar-refractivity contribution in [3.8, 4) is 11.3 Å². The number of carboxylic acid groups (broad SMARTS) is 1. The van der Waals surface area contributed by atoms with Crippen molar-refractivity contribution in [2.45, 2.75) is 16.7 Å². The predicted molar refractivity (Wildman–Crippen MR) is 108 cm³/mol. The Morgan fingerprint density at radius 2 is 1.90 bits per heavy atom. The molecular weight excluding hydrogens is 420 g/mol. The number of aromatic nitrogens is 3. The summed E-state index contributed by atoms with van der Waals surface area (Å²) in [5.74, 6) is -2.28. The maximum atomic E-state index is 13.9. The van der Waals surface area contributed by atoms with Gasteiger partial charge in [0.25, 0.3) is 0 Å². The standard InChI is InChI=1S/C20H13F2N3O2S.ClH/c1-11-2-3-12(20(26)27)8-15(11)19-17-6-5-14(10-25(17)24-23-19)28-18-7-4-13(21)9-16(18)22;/h2-10H,1H3,(H,26,27);1H. The third kappa shape index (κ3) is 4.08. The van der Waals surface area contributed by atoms with Crippen LogP contribution in [0.1, 0.15) is 15.9 Å². The van der Waals surface area contributed by atoms with Gasteiger partial charge in [-0.05, 0) is 48.9 Å². The van der Waals surface area contributed by atoms with Crippen molar-refractivity contribution in [1.82, 2.24) is 14.8 Å². The van der Waals surface area contributed by atoms with Gasteiger partial charge in [-0.25, -0.2) is 18.1 Å². The number of pyridine rings is 1. The minimum Gasteiger partial charge on any atom is -0.478 e. The van der Waals surface area contributed by atoms with E-state index in [4.69, 9.17) is 0 Å². The second-order valence-corrected chi connectivity index (χ2v) is 7.26. The van der Waals surface area contributed by atoms with E-state index in [-0.39, 0.29) is 18.0 Å². The van der Waals surface area contributed by atoms with Crippen molar-refractivity contribution >= 4 is 35.7 Å². The topological polar surface area (TPSA) is 67.5 Å². The number of halogens is 3. The molecule has 0 fully saturated rings. The maximum Gasteiger partial charge on any atom is 0.335 e. The van der Waals surface area contributed by atoms with Crippen LogP contribution in [0.3, 0.4) is 0 Å². The molecule has 2 aromatic heterocycles. The predicted octanol–water partition coefficient (Wildman–Crippen LogP) is 5.25. The number of aromatic carboxylic acids is 1. The van der Waals surface area contributed by atoms with E-state index < -0.39 is 17.6 Å². The summed E-state index contributed by atoms with van der Waals surface area (Å²) in [7, 11) is 0. The van der Waals surface area contributed by atoms with Crippen molar-refractivity contribution in [1.29, 1.82) is 0 Å². The number of aryl methyl sites for hydroxylation is 1. The summed E-state index contributed by atoms with van der Waals surface area (Å²) >= 11 is 1.14. The first-order valence-electron chi connectivity index (χ1n) is 8.24. The Balaban J connectivity index is 0.00000240. The lowest BCUT2D eigenvalue weighted by molar-refractivity contribution is 0.0697. The van der Waals surface area contributed by atoms with E-state index in [1.807, 2.05) is 6.92 Å². The summed E-state index contributed by atoms with van der Waals surface area (Å²) in [6, 6.07) is 11.8. The largest absolute Gasteiger partial charge is 0.478 e. The molecule has 0 unspecified atom stereocenters. The quantitative estimate of drug-likeness (QED) is 0.476. The monoisotopic (exact) mass is 433 g/mol. The molecule has 9 heteroatoms. The molecule has 0 aliphatic carbocycles. The normalized spacial score (nSPS) is 10.7. The van der Waals surface area contributed by atoms with Crippen LogP contribution >= 0.6 is 24.2 Å². The van der Waals surface area contributed by atoms with E-state index in [0.29, 0.717) is 26.6 Å². The average molecular weight is 434 g/mol. The minimum atomic E-state index is -1.02. The van der Waals surface area contributed by atoms with E-state index in [1.165, 1.54) is 12.1 Å². The molecule has 0 radical (unpaired) electrons. The highest BCUT2D eigenvalue weighted by atomic mass is 35.5. The SMILES string of the molecule is Cc1ccc(C(=O)O)cc1-c1nnn2cc(Sc3ccc(F)cc3F)ccc12.Cl. The van der Waals surface area contributed by atoms with Crippen LogP contribution < -0.4 is 0 Å². The Morgan fingerprint density at radius 1 is 1.10 bits per heavy atom. The van der Waals surface area contributed by atoms with Gasteiger partial charge in [0.15, 0.2) is 0 Å². The highest BCUT2D eigenvalue weighted by Gasteiger charge is 2.15. The van der Waals surface area contributed by atoms with Crippen molar-refractivity contribution in [3.05, 3.63) is 77.5 Å². The van der Waals surface area contributed by atoms with Gasteiger partial charge >= 0.3 is 5.97 Å². The number of carbonyl (C=O) groups is 1. The molecule has 2 heterocycles. The number of rotatable bonds is 4. The summed E-state index contributed by atoms with van der Waals surface area (Å²) in [6.45, 7) is 1.87. The van der Waals surface area contributed by atoms with E-state index in [9.17, 15) is 18.7 Å². The van der Waals surface area contributed by atoms with Crippen molar-refractivity contribution < 1.29 is 18.7 Å². The summed E-state index contributed by atoms with van der Waals surface area (Å²) in [4.78, 5) is 12.3. The summed E-state index contributed by atoms with van der Waals surface area (Å²) in [6.07, 6.45) is 1.69. The molecule has 0 saturated heterocycles. The summed E-state index contributed by atoms with van der Waals surface area (Å²) in [5.41, 5.74) is 2.97. The molecule has 4 aromatic rings. The van der Waals surface area contributed by atoms with E-state index >= 15 is 0 Å². The molecule has 29 heavy (non-hydrogen) atoms. The molecule has 0 atom stereocenters. The lowest BCUT2D eigenvalue weighted by Gasteiger charge is -2.06. The van der Waals surface area contributed by atoms with Crippen molar-refractivity contribution in [2.24, 2.45) is 0 Å². The summed E-state index contributed by atoms with van der Waals surface area (Å²) in [5, 5.41) is 17.5. The zero-order valence-corrected chi connectivity index (χ0v) is 16.6. The van der Waals surface area contributed by atoms with E-state index in [2.05, 4.69) is 10.3 Å². The molecule has 0 aliphatic heterocycles. The van der Waals surface area contributed by atoms with Gasteiger partial charge in [0, 0.05) is 27.6 Å². The average Bonchev–Trinajstić information content (AvgIpc) is 3.07. The third-order valence-electron chi connectivity index (χ3n) is 4.25. The fourth-order valence-corrected chi connectivity index (χ4v) is 3.66. The molecule has 0 spiro atoms. The lowest BCUT2D eigenvalue weighted by atomic mass is 10.0. The van der Waals surface area contributed by atoms with Gasteiger partial charge in [-0.1, -0.05) is 23.0 Å². The van der Waals surface area contributed by atoms with Gasteiger partial charge in [-0.3, -0.25) is 0 Å². The molecule has 1 N–H and O–H groups in total. The number of benzene rings is 2. The van der Waals surface area contributed by atoms with Gasteiger partial charge in [0.1, 0.15) is 17.3 Å². The van der Waals surface area contributed by atoms with Crippen LogP contribution in [0.5, 0.6) is 0 Å². The van der Waals surface area contributed by atoms with Gasteiger partial charge in [0.05, 0.1) is 11.1 Å². The summed E-state index contributed by atoms with van der Waals surface area (Å²) < 4.78 is 28.5. The van der Waals surface area contributed by atoms with Crippen LogP contribution in [0.2, 0.25) is 0 Å². The third-order valence-corrected chi connectivity index (χ3v) is 5.28. The van der Waals surface area contributed by atoms with Crippen molar-refractivity contribution in [2.75, 3.05) is 0 Å². The molecule has 0 aliphatic rings. The van der Waals surface area contributed by atoms with Crippen LogP contribution in [0, 0.1) is 18.6 Å². The Bertz CT molecular complexity index is 1230. The van der Waals surface area contributed by atoms with Crippen LogP contribution in [-0.4, -0.2) is 25.9 Å². The molecular formula is C20H14ClF2N3O2S. The zero-order chi connectivity index (χ0) is 19.8. The number of carboxylic acids is 1. The Kier molecular flexibility index (Phi) is 5.86. The second-order valence-electron chi connectivity index (χ2n) is 6.14. The fourth-order valence-electron chi connectivity index (χ4n) is 2.82. The Hall–Kier alpha value is -2.97. The maximum absolute atomic E-state index is 13.9. The first-order valence-corrected chi connectivity index (χ1v) is 9.06. The van der Waals surface area contributed by atoms with Gasteiger partial charge in [-0.2, -0.15) is 0 Å². The molecule has 2 aromatic carbocycles. The highest BCUT2D eigenvalue weighted by Crippen LogP contribution is 2.32. The van der Waals surface area contributed by atoms with Crippen molar-refractivity contribution in [3.63, 3.8) is 0 Å². The van der Waals surface area contributed by atoms with Crippen LogP contribution in [0.25, 0.3) is 16.8 Å². The number of hydrogen-bond donors (Lipinski definition) is 1. The molecule has 5 nitrogen and oxygen atoms in total. The van der Waals surface area contributed by atoms with E-state index in [0.717, 1.165) is 23.4 Å². The minimum absolute atomic E-state index is 0. The molecule has 148 valence electrons. The molecule has 0 saturated carbocycles. The van der Waals surface area contributed by atoms with Gasteiger partial charge < -0.3 is 5.11 Å². The fraction of sp³-hybridized carbons (Fsp3) is 0.0500. The first kappa shape index (κ1) is 20.8. The van der Waals surface area contributed by atoms with Crippen LogP contribution in [-0.2, 0) is 0 Å². The lowest BCUT2D eigenvalue weighted by Crippen LogP contribution is -1.97.